The van der Waals surface area contributed by atoms with Crippen molar-refractivity contribution in [3.63, 3.8) is 0 Å². The number of hydrogen-bond acceptors (Lipinski definition) is 4. The van der Waals surface area contributed by atoms with Gasteiger partial charge in [0.05, 0.1) is 12.1 Å². The fraction of sp³-hybridized carbons (Fsp3) is 0.250. The molecule has 2 aromatic rings. The zero-order valence-corrected chi connectivity index (χ0v) is 10.5. The topological polar surface area (TPSA) is 56.3 Å². The lowest BCUT2D eigenvalue weighted by molar-refractivity contribution is 0.338. The van der Waals surface area contributed by atoms with Gasteiger partial charge in [-0.05, 0) is 26.0 Å². The van der Waals surface area contributed by atoms with Crippen molar-refractivity contribution in [3.8, 4) is 0 Å². The maximum atomic E-state index is 11.9. The zero-order chi connectivity index (χ0) is 12.5. The molecule has 0 saturated heterocycles. The second-order valence-electron chi connectivity index (χ2n) is 3.64. The molecule has 0 spiro atoms. The van der Waals surface area contributed by atoms with Crippen LogP contribution >= 0.6 is 0 Å². The van der Waals surface area contributed by atoms with Crippen LogP contribution in [0.5, 0.6) is 0 Å². The van der Waals surface area contributed by atoms with Gasteiger partial charge in [0.2, 0.25) is 0 Å². The first-order valence-electron chi connectivity index (χ1n) is 5.30. The van der Waals surface area contributed by atoms with Crippen molar-refractivity contribution in [2.24, 2.45) is 0 Å². The highest BCUT2D eigenvalue weighted by Gasteiger charge is 2.18. The number of aromatic nitrogens is 1. The third-order valence-electron chi connectivity index (χ3n) is 2.36. The molecule has 4 nitrogen and oxygen atoms in total. The molecule has 0 amide bonds. The minimum Gasteiger partial charge on any atom is -0.267 e. The Morgan fingerprint density at radius 3 is 2.71 bits per heavy atom. The van der Waals surface area contributed by atoms with E-state index in [0.29, 0.717) is 5.52 Å². The average Bonchev–Trinajstić information content (AvgIpc) is 2.28. The van der Waals surface area contributed by atoms with Crippen LogP contribution in [0.3, 0.4) is 0 Å². The van der Waals surface area contributed by atoms with Gasteiger partial charge in [0, 0.05) is 11.1 Å². The van der Waals surface area contributed by atoms with Gasteiger partial charge in [-0.2, -0.15) is 8.42 Å². The summed E-state index contributed by atoms with van der Waals surface area (Å²) in [6, 6.07) is 8.72. The average molecular weight is 251 g/mol. The van der Waals surface area contributed by atoms with Crippen molar-refractivity contribution in [1.29, 1.82) is 0 Å². The molecular weight excluding hydrogens is 238 g/mol. The van der Waals surface area contributed by atoms with Crippen LogP contribution in [0, 0.1) is 6.92 Å². The van der Waals surface area contributed by atoms with Crippen molar-refractivity contribution >= 4 is 21.0 Å². The van der Waals surface area contributed by atoms with Gasteiger partial charge < -0.3 is 0 Å². The summed E-state index contributed by atoms with van der Waals surface area (Å²) in [7, 11) is -3.72. The number of rotatable bonds is 3. The first-order chi connectivity index (χ1) is 8.04. The van der Waals surface area contributed by atoms with Crippen molar-refractivity contribution < 1.29 is 12.6 Å². The first-order valence-corrected chi connectivity index (χ1v) is 6.71. The molecule has 0 aliphatic heterocycles. The molecule has 0 saturated carbocycles. The maximum absolute atomic E-state index is 11.9. The van der Waals surface area contributed by atoms with E-state index in [4.69, 9.17) is 4.18 Å². The lowest BCUT2D eigenvalue weighted by atomic mass is 10.2. The van der Waals surface area contributed by atoms with Gasteiger partial charge in [0.1, 0.15) is 4.90 Å². The molecule has 2 rings (SSSR count). The quantitative estimate of drug-likeness (QED) is 0.785. The van der Waals surface area contributed by atoms with E-state index in [9.17, 15) is 8.42 Å². The number of hydrogen-bond donors (Lipinski definition) is 0. The highest BCUT2D eigenvalue weighted by atomic mass is 32.2. The molecule has 0 fully saturated rings. The summed E-state index contributed by atoms with van der Waals surface area (Å²) >= 11 is 0. The Morgan fingerprint density at radius 2 is 2.00 bits per heavy atom. The molecular formula is C12H13NO3S. The van der Waals surface area contributed by atoms with Crippen LogP contribution in [0.1, 0.15) is 12.6 Å². The van der Waals surface area contributed by atoms with E-state index in [0.717, 1.165) is 11.1 Å². The standard InChI is InChI=1S/C12H13NO3S/c1-3-16-17(14,15)11-6-4-5-10-8-7-9(2)13-12(10)11/h4-8H,3H2,1-2H3. The third kappa shape index (κ3) is 2.30. The second kappa shape index (κ2) is 4.43. The molecule has 0 aliphatic rings. The van der Waals surface area contributed by atoms with Crippen molar-refractivity contribution in [2.75, 3.05) is 6.61 Å². The lowest BCUT2D eigenvalue weighted by Gasteiger charge is -2.07. The second-order valence-corrected chi connectivity index (χ2v) is 5.22. The van der Waals surface area contributed by atoms with Gasteiger partial charge in [-0.25, -0.2) is 0 Å². The number of para-hydroxylation sites is 1. The van der Waals surface area contributed by atoms with E-state index in [2.05, 4.69) is 4.98 Å². The van der Waals surface area contributed by atoms with Gasteiger partial charge in [-0.1, -0.05) is 18.2 Å². The molecule has 0 atom stereocenters. The minimum atomic E-state index is -3.72. The predicted molar refractivity (Wildman–Crippen MR) is 65.3 cm³/mol. The van der Waals surface area contributed by atoms with Gasteiger partial charge in [0.15, 0.2) is 0 Å². The smallest absolute Gasteiger partial charge is 0.267 e. The SMILES string of the molecule is CCOS(=O)(=O)c1cccc2ccc(C)nc12. The monoisotopic (exact) mass is 251 g/mol. The summed E-state index contributed by atoms with van der Waals surface area (Å²) in [5.74, 6) is 0. The summed E-state index contributed by atoms with van der Waals surface area (Å²) in [5, 5.41) is 0.788. The lowest BCUT2D eigenvalue weighted by Crippen LogP contribution is -2.07. The number of benzene rings is 1. The molecule has 1 heterocycles. The molecule has 17 heavy (non-hydrogen) atoms. The van der Waals surface area contributed by atoms with Crippen LogP contribution in [0.4, 0.5) is 0 Å². The number of aryl methyl sites for hydroxylation is 1. The Morgan fingerprint density at radius 1 is 1.24 bits per heavy atom. The van der Waals surface area contributed by atoms with Crippen LogP contribution < -0.4 is 0 Å². The zero-order valence-electron chi connectivity index (χ0n) is 9.67. The van der Waals surface area contributed by atoms with Crippen molar-refractivity contribution in [2.45, 2.75) is 18.7 Å². The Kier molecular flexibility index (Phi) is 3.13. The Labute approximate surface area is 100 Å². The van der Waals surface area contributed by atoms with Gasteiger partial charge in [0.25, 0.3) is 10.1 Å². The van der Waals surface area contributed by atoms with Gasteiger partial charge >= 0.3 is 0 Å². The van der Waals surface area contributed by atoms with E-state index in [1.165, 1.54) is 6.07 Å². The maximum Gasteiger partial charge on any atom is 0.299 e. The summed E-state index contributed by atoms with van der Waals surface area (Å²) in [6.07, 6.45) is 0. The highest BCUT2D eigenvalue weighted by Crippen LogP contribution is 2.22. The molecule has 0 radical (unpaired) electrons. The molecule has 0 bridgehead atoms. The fourth-order valence-electron chi connectivity index (χ4n) is 1.64. The molecule has 1 aromatic heterocycles. The normalized spacial score (nSPS) is 11.9. The summed E-state index contributed by atoms with van der Waals surface area (Å²) < 4.78 is 28.6. The predicted octanol–water partition coefficient (Wildman–Crippen LogP) is 2.27. The van der Waals surface area contributed by atoms with Crippen LogP contribution in [0.25, 0.3) is 10.9 Å². The van der Waals surface area contributed by atoms with E-state index >= 15 is 0 Å². The number of nitrogens with zero attached hydrogens (tertiary/aromatic N) is 1. The van der Waals surface area contributed by atoms with E-state index < -0.39 is 10.1 Å². The van der Waals surface area contributed by atoms with Gasteiger partial charge in [-0.15, -0.1) is 0 Å². The van der Waals surface area contributed by atoms with Gasteiger partial charge in [-0.3, -0.25) is 9.17 Å². The van der Waals surface area contributed by atoms with Crippen molar-refractivity contribution in [3.05, 3.63) is 36.0 Å². The molecule has 90 valence electrons. The molecule has 5 heteroatoms. The minimum absolute atomic E-state index is 0.116. The van der Waals surface area contributed by atoms with Crippen LogP contribution in [0.2, 0.25) is 0 Å². The van der Waals surface area contributed by atoms with Crippen molar-refractivity contribution in [1.82, 2.24) is 4.98 Å². The fourth-order valence-corrected chi connectivity index (χ4v) is 2.72. The molecule has 1 aromatic carbocycles. The third-order valence-corrected chi connectivity index (χ3v) is 3.78. The van der Waals surface area contributed by atoms with E-state index in [-0.39, 0.29) is 11.5 Å². The first kappa shape index (κ1) is 12.0. The molecule has 0 N–H and O–H groups in total. The number of fused-ring (bicyclic) bond motifs is 1. The Hall–Kier alpha value is -1.46. The van der Waals surface area contributed by atoms with Crippen LogP contribution in [-0.4, -0.2) is 20.0 Å². The Bertz CT molecular complexity index is 650. The van der Waals surface area contributed by atoms with Crippen LogP contribution in [-0.2, 0) is 14.3 Å². The van der Waals surface area contributed by atoms with Crippen LogP contribution in [0.15, 0.2) is 35.2 Å². The summed E-state index contributed by atoms with van der Waals surface area (Å²) in [5.41, 5.74) is 1.23. The van der Waals surface area contributed by atoms with E-state index in [1.807, 2.05) is 25.1 Å². The molecule has 0 unspecified atom stereocenters. The summed E-state index contributed by atoms with van der Waals surface area (Å²) in [6.45, 7) is 3.58. The highest BCUT2D eigenvalue weighted by molar-refractivity contribution is 7.87. The number of pyridine rings is 1. The summed E-state index contributed by atoms with van der Waals surface area (Å²) in [4.78, 5) is 4.39. The molecule has 0 aliphatic carbocycles. The largest absolute Gasteiger partial charge is 0.299 e. The van der Waals surface area contributed by atoms with E-state index in [1.54, 1.807) is 13.0 Å². The Balaban J connectivity index is 2.74.